The quantitative estimate of drug-likeness (QED) is 0.412. The SMILES string of the molecule is O.O.O.O.O.O.[Gd].[O-]N(O)O. The Morgan fingerprint density at radius 1 is 0.727 bits per heavy atom. The van der Waals surface area contributed by atoms with Crippen LogP contribution in [0, 0.1) is 45.1 Å². The summed E-state index contributed by atoms with van der Waals surface area (Å²) in [4.78, 5) is 0. The Bertz CT molecular complexity index is 14.3. The molecule has 0 radical (unpaired) electrons. The van der Waals surface area contributed by atoms with E-state index in [4.69, 9.17) is 15.6 Å². The summed E-state index contributed by atoms with van der Waals surface area (Å²) in [5.74, 6) is 0. The third-order valence-corrected chi connectivity index (χ3v) is 0. The minimum absolute atomic E-state index is 0. The molecule has 0 aromatic rings. The first-order valence-corrected chi connectivity index (χ1v) is 0.583. The van der Waals surface area contributed by atoms with E-state index in [1.54, 1.807) is 0 Å². The van der Waals surface area contributed by atoms with E-state index in [1.165, 1.54) is 0 Å². The number of hydrogen-bond acceptors (Lipinski definition) is 4. The van der Waals surface area contributed by atoms with E-state index in [1.807, 2.05) is 0 Å². The van der Waals surface area contributed by atoms with Crippen molar-refractivity contribution in [2.75, 3.05) is 0 Å². The Hall–Kier alpha value is 0.925. The largest absolute Gasteiger partial charge is 0.738 e. The fourth-order valence-electron chi connectivity index (χ4n) is 0. The molecule has 0 fully saturated rings. The van der Waals surface area contributed by atoms with Crippen LogP contribution in [0.25, 0.3) is 0 Å². The van der Waals surface area contributed by atoms with Crippen molar-refractivity contribution in [3.05, 3.63) is 5.21 Å². The minimum Gasteiger partial charge on any atom is -0.738 e. The van der Waals surface area contributed by atoms with Gasteiger partial charge in [0.25, 0.3) is 0 Å². The average Bonchev–Trinajstić information content (AvgIpc) is 0.811. The monoisotopic (exact) mass is 330 g/mol. The van der Waals surface area contributed by atoms with Gasteiger partial charge in [0.1, 0.15) is 0 Å². The second kappa shape index (κ2) is 69.9. The molecule has 11 heavy (non-hydrogen) atoms. The summed E-state index contributed by atoms with van der Waals surface area (Å²) in [5.41, 5.74) is 0. The molecular formula is H14GdNO9-. The van der Waals surface area contributed by atoms with Gasteiger partial charge in [0, 0.05) is 39.9 Å². The van der Waals surface area contributed by atoms with Crippen molar-refractivity contribution in [1.29, 1.82) is 0 Å². The van der Waals surface area contributed by atoms with Gasteiger partial charge < -0.3 is 48.5 Å². The Morgan fingerprint density at radius 3 is 0.727 bits per heavy atom. The fraction of sp³-hybridized carbons (Fsp3) is 0. The molecule has 10 nitrogen and oxygen atoms in total. The molecular weight excluding hydrogens is 315 g/mol. The molecule has 0 bridgehead atoms. The van der Waals surface area contributed by atoms with Crippen LogP contribution in [0.1, 0.15) is 0 Å². The van der Waals surface area contributed by atoms with Crippen molar-refractivity contribution in [2.24, 2.45) is 0 Å². The summed E-state index contributed by atoms with van der Waals surface area (Å²) in [7, 11) is 0. The first-order chi connectivity index (χ1) is 1.73. The maximum Gasteiger partial charge on any atom is 0 e. The molecule has 82 valence electrons. The van der Waals surface area contributed by atoms with Crippen LogP contribution in [0.2, 0.25) is 0 Å². The van der Waals surface area contributed by atoms with Crippen LogP contribution < -0.4 is 0 Å². The van der Waals surface area contributed by atoms with Gasteiger partial charge in [0.15, 0.2) is 0 Å². The van der Waals surface area contributed by atoms with Crippen molar-refractivity contribution in [2.45, 2.75) is 0 Å². The molecule has 0 saturated carbocycles. The molecule has 0 amide bonds. The topological polar surface area (TPSA) is 256 Å². The normalized spacial score (nSPS) is 3.27. The first kappa shape index (κ1) is 92.4. The van der Waals surface area contributed by atoms with Gasteiger partial charge in [-0.25, -0.2) is 0 Å². The number of nitrogens with zero attached hydrogens (tertiary/aromatic N) is 1. The molecule has 0 rings (SSSR count). The Morgan fingerprint density at radius 2 is 0.727 bits per heavy atom. The Labute approximate surface area is 93.4 Å². The molecule has 0 aromatic carbocycles. The average molecular weight is 329 g/mol. The smallest absolute Gasteiger partial charge is 0 e. The van der Waals surface area contributed by atoms with Crippen LogP contribution >= 0.6 is 0 Å². The van der Waals surface area contributed by atoms with Crippen LogP contribution in [0.3, 0.4) is 0 Å². The molecule has 11 heteroatoms. The molecule has 0 aliphatic rings. The van der Waals surface area contributed by atoms with Gasteiger partial charge >= 0.3 is 0 Å². The van der Waals surface area contributed by atoms with Crippen molar-refractivity contribution < 1.29 is 83.2 Å². The van der Waals surface area contributed by atoms with Crippen LogP contribution in [-0.2, 0) is 0 Å². The van der Waals surface area contributed by atoms with E-state index in [0.717, 1.165) is 0 Å². The van der Waals surface area contributed by atoms with E-state index >= 15 is 0 Å². The molecule has 0 unspecified atom stereocenters. The molecule has 0 heterocycles. The number of hydrogen-bond donors (Lipinski definition) is 2. The molecule has 0 aliphatic heterocycles. The van der Waals surface area contributed by atoms with Gasteiger partial charge in [-0.1, -0.05) is 0 Å². The maximum absolute atomic E-state index is 8.47. The summed E-state index contributed by atoms with van der Waals surface area (Å²) in [6.07, 6.45) is 0. The standard InChI is InChI=1S/Gd.H2NO3.6H2O/c;2-1(3)4;;;;;;/h;2-3H;6*1H2/q;-1;;;;;;. The van der Waals surface area contributed by atoms with Gasteiger partial charge in [-0.05, 0) is 0 Å². The van der Waals surface area contributed by atoms with Crippen molar-refractivity contribution in [1.82, 2.24) is 5.39 Å². The molecule has 0 atom stereocenters. The van der Waals surface area contributed by atoms with E-state index in [0.29, 0.717) is 0 Å². The van der Waals surface area contributed by atoms with Crippen LogP contribution in [-0.4, -0.2) is 48.7 Å². The molecule has 0 aromatic heterocycles. The van der Waals surface area contributed by atoms with E-state index in [-0.39, 0.29) is 72.8 Å². The summed E-state index contributed by atoms with van der Waals surface area (Å²) < 4.78 is 0. The molecule has 14 N–H and O–H groups in total. The predicted molar refractivity (Wildman–Crippen MR) is 30.5 cm³/mol. The van der Waals surface area contributed by atoms with Gasteiger partial charge in [-0.15, -0.1) is 5.39 Å². The summed E-state index contributed by atoms with van der Waals surface area (Å²) in [5, 5.41) is 21.0. The van der Waals surface area contributed by atoms with E-state index in [9.17, 15) is 0 Å². The van der Waals surface area contributed by atoms with Crippen molar-refractivity contribution in [3.63, 3.8) is 0 Å². The Kier molecular flexibility index (Phi) is 587. The van der Waals surface area contributed by atoms with Gasteiger partial charge in [0.2, 0.25) is 0 Å². The maximum atomic E-state index is 8.47. The molecule has 0 saturated heterocycles. The van der Waals surface area contributed by atoms with Crippen LogP contribution in [0.15, 0.2) is 0 Å². The number of rotatable bonds is 0. The third-order valence-electron chi connectivity index (χ3n) is 0. The van der Waals surface area contributed by atoms with Gasteiger partial charge in [-0.3, -0.25) is 0 Å². The van der Waals surface area contributed by atoms with E-state index in [2.05, 4.69) is 0 Å². The second-order valence-corrected chi connectivity index (χ2v) is 0.253. The molecule has 0 spiro atoms. The minimum atomic E-state index is -1.25. The zero-order valence-corrected chi connectivity index (χ0v) is 7.37. The van der Waals surface area contributed by atoms with Crippen LogP contribution in [0.4, 0.5) is 0 Å². The third kappa shape index (κ3) is 1020. The zero-order valence-electron chi connectivity index (χ0n) is 5.10. The van der Waals surface area contributed by atoms with Crippen LogP contribution in [0.5, 0.6) is 0 Å². The fourth-order valence-corrected chi connectivity index (χ4v) is 0. The van der Waals surface area contributed by atoms with E-state index < -0.39 is 5.39 Å². The van der Waals surface area contributed by atoms with Crippen molar-refractivity contribution in [3.8, 4) is 0 Å². The summed E-state index contributed by atoms with van der Waals surface area (Å²) >= 11 is 0. The molecule has 0 aliphatic carbocycles. The summed E-state index contributed by atoms with van der Waals surface area (Å²) in [6, 6.07) is 0. The van der Waals surface area contributed by atoms with Crippen molar-refractivity contribution >= 4 is 0 Å². The van der Waals surface area contributed by atoms with Gasteiger partial charge in [-0.2, -0.15) is 0 Å². The van der Waals surface area contributed by atoms with Gasteiger partial charge in [0.05, 0.1) is 0 Å². The predicted octanol–water partition coefficient (Wildman–Crippen LogP) is -5.38. The Balaban J connectivity index is -0.00000000214. The second-order valence-electron chi connectivity index (χ2n) is 0.253. The first-order valence-electron chi connectivity index (χ1n) is 0.583. The summed E-state index contributed by atoms with van der Waals surface area (Å²) in [6.45, 7) is 0. The zero-order chi connectivity index (χ0) is 3.58.